The van der Waals surface area contributed by atoms with Crippen LogP contribution < -0.4 is 15.4 Å². The third-order valence-electron chi connectivity index (χ3n) is 3.16. The summed E-state index contributed by atoms with van der Waals surface area (Å²) in [6.07, 6.45) is 5.21. The zero-order chi connectivity index (χ0) is 13.5. The molecule has 19 heavy (non-hydrogen) atoms. The maximum absolute atomic E-state index is 5.53. The Labute approximate surface area is 120 Å². The molecule has 4 heteroatoms. The van der Waals surface area contributed by atoms with Gasteiger partial charge in [0, 0.05) is 4.90 Å². The minimum atomic E-state index is 0.300. The summed E-state index contributed by atoms with van der Waals surface area (Å²) >= 11 is 1.84. The molecule has 1 atom stereocenters. The molecule has 0 aromatic heterocycles. The van der Waals surface area contributed by atoms with E-state index in [9.17, 15) is 0 Å². The predicted molar refractivity (Wildman–Crippen MR) is 83.0 cm³/mol. The lowest BCUT2D eigenvalue weighted by Crippen LogP contribution is -2.31. The monoisotopic (exact) mass is 280 g/mol. The molecule has 0 saturated heterocycles. The molecule has 1 aromatic carbocycles. The average molecular weight is 280 g/mol. The standard InChI is InChI=1S/C15H24N2OS/c1-3-5-6-7-10-16-15-17-13-9-8-12(18-4-2)11-14(13)19-15/h8-9,11,15-17H,3-7,10H2,1-2H3. The summed E-state index contributed by atoms with van der Waals surface area (Å²) in [4.78, 5) is 1.28. The van der Waals surface area contributed by atoms with E-state index >= 15 is 0 Å². The minimum Gasteiger partial charge on any atom is -0.494 e. The van der Waals surface area contributed by atoms with Crippen molar-refractivity contribution in [2.75, 3.05) is 18.5 Å². The van der Waals surface area contributed by atoms with Gasteiger partial charge in [-0.2, -0.15) is 0 Å². The van der Waals surface area contributed by atoms with Crippen LogP contribution in [0.15, 0.2) is 23.1 Å². The normalized spacial score (nSPS) is 17.1. The molecule has 0 radical (unpaired) electrons. The van der Waals surface area contributed by atoms with Crippen molar-refractivity contribution >= 4 is 17.4 Å². The fourth-order valence-corrected chi connectivity index (χ4v) is 3.23. The van der Waals surface area contributed by atoms with Gasteiger partial charge < -0.3 is 10.1 Å². The fraction of sp³-hybridized carbons (Fsp3) is 0.600. The van der Waals surface area contributed by atoms with Crippen molar-refractivity contribution in [2.45, 2.75) is 49.9 Å². The molecule has 1 aliphatic heterocycles. The highest BCUT2D eigenvalue weighted by Crippen LogP contribution is 2.39. The van der Waals surface area contributed by atoms with E-state index in [2.05, 4.69) is 29.7 Å². The molecule has 1 aliphatic rings. The lowest BCUT2D eigenvalue weighted by atomic mass is 10.2. The number of rotatable bonds is 8. The van der Waals surface area contributed by atoms with E-state index in [0.717, 1.165) is 18.9 Å². The zero-order valence-corrected chi connectivity index (χ0v) is 12.7. The Morgan fingerprint density at radius 2 is 2.16 bits per heavy atom. The maximum atomic E-state index is 5.53. The van der Waals surface area contributed by atoms with Gasteiger partial charge in [-0.1, -0.05) is 37.9 Å². The van der Waals surface area contributed by atoms with E-state index < -0.39 is 0 Å². The fourth-order valence-electron chi connectivity index (χ4n) is 2.15. The second-order valence-corrected chi connectivity index (χ2v) is 5.89. The highest BCUT2D eigenvalue weighted by Gasteiger charge is 2.20. The van der Waals surface area contributed by atoms with E-state index in [1.807, 2.05) is 24.8 Å². The summed E-state index contributed by atoms with van der Waals surface area (Å²) in [5.74, 6) is 0.958. The number of nitrogens with one attached hydrogen (secondary N) is 2. The molecule has 1 aromatic rings. The molecule has 1 unspecified atom stereocenters. The molecule has 2 rings (SSSR count). The third kappa shape index (κ3) is 4.32. The Bertz CT molecular complexity index is 398. The molecular weight excluding hydrogens is 256 g/mol. The topological polar surface area (TPSA) is 33.3 Å². The predicted octanol–water partition coefficient (Wildman–Crippen LogP) is 4.06. The second kappa shape index (κ2) is 7.65. The molecule has 0 fully saturated rings. The molecule has 106 valence electrons. The number of hydrogen-bond donors (Lipinski definition) is 2. The molecule has 3 nitrogen and oxygen atoms in total. The van der Waals surface area contributed by atoms with Gasteiger partial charge in [0.15, 0.2) is 0 Å². The van der Waals surface area contributed by atoms with Gasteiger partial charge in [-0.3, -0.25) is 5.32 Å². The molecule has 2 N–H and O–H groups in total. The van der Waals surface area contributed by atoms with Gasteiger partial charge >= 0.3 is 0 Å². The van der Waals surface area contributed by atoms with Crippen LogP contribution in [-0.2, 0) is 0 Å². The molecule has 0 bridgehead atoms. The first-order valence-corrected chi connectivity index (χ1v) is 8.15. The smallest absolute Gasteiger partial charge is 0.130 e. The SMILES string of the molecule is CCCCCCNC1Nc2ccc(OCC)cc2S1. The van der Waals surface area contributed by atoms with E-state index in [4.69, 9.17) is 4.74 Å². The number of fused-ring (bicyclic) bond motifs is 1. The van der Waals surface area contributed by atoms with Gasteiger partial charge in [0.2, 0.25) is 0 Å². The quantitative estimate of drug-likeness (QED) is 0.704. The van der Waals surface area contributed by atoms with Crippen molar-refractivity contribution in [3.63, 3.8) is 0 Å². The summed E-state index contributed by atoms with van der Waals surface area (Å²) in [5.41, 5.74) is 1.51. The van der Waals surface area contributed by atoms with Crippen LogP contribution in [0.4, 0.5) is 5.69 Å². The Morgan fingerprint density at radius 1 is 1.26 bits per heavy atom. The van der Waals surface area contributed by atoms with Crippen LogP contribution in [-0.4, -0.2) is 18.6 Å². The number of unbranched alkanes of at least 4 members (excludes halogenated alkanes) is 3. The summed E-state index contributed by atoms with van der Waals surface area (Å²) in [6, 6.07) is 6.25. The Hall–Kier alpha value is -0.870. The van der Waals surface area contributed by atoms with Gasteiger partial charge in [0.25, 0.3) is 0 Å². The first-order valence-electron chi connectivity index (χ1n) is 7.27. The molecule has 1 heterocycles. The molecular formula is C15H24N2OS. The van der Waals surface area contributed by atoms with E-state index in [-0.39, 0.29) is 0 Å². The average Bonchev–Trinajstić information content (AvgIpc) is 2.81. The van der Waals surface area contributed by atoms with Gasteiger partial charge in [0.1, 0.15) is 11.2 Å². The highest BCUT2D eigenvalue weighted by molar-refractivity contribution is 8.00. The molecule has 0 aliphatic carbocycles. The highest BCUT2D eigenvalue weighted by atomic mass is 32.2. The lowest BCUT2D eigenvalue weighted by Gasteiger charge is -2.12. The number of anilines is 1. The number of ether oxygens (including phenoxy) is 1. The van der Waals surface area contributed by atoms with Gasteiger partial charge in [-0.05, 0) is 38.1 Å². The van der Waals surface area contributed by atoms with Crippen LogP contribution in [0.5, 0.6) is 5.75 Å². The van der Waals surface area contributed by atoms with Crippen molar-refractivity contribution in [2.24, 2.45) is 0 Å². The summed E-state index contributed by atoms with van der Waals surface area (Å²) in [5, 5.41) is 7.04. The Kier molecular flexibility index (Phi) is 5.86. The van der Waals surface area contributed by atoms with Crippen molar-refractivity contribution in [3.8, 4) is 5.75 Å². The Morgan fingerprint density at radius 3 is 2.95 bits per heavy atom. The molecule has 0 saturated carbocycles. The molecule has 0 spiro atoms. The van der Waals surface area contributed by atoms with Crippen molar-refractivity contribution < 1.29 is 4.74 Å². The van der Waals surface area contributed by atoms with E-state index in [1.54, 1.807) is 0 Å². The minimum absolute atomic E-state index is 0.300. The number of hydrogen-bond acceptors (Lipinski definition) is 4. The maximum Gasteiger partial charge on any atom is 0.130 e. The number of benzene rings is 1. The van der Waals surface area contributed by atoms with Crippen LogP contribution in [0.25, 0.3) is 0 Å². The van der Waals surface area contributed by atoms with Crippen LogP contribution >= 0.6 is 11.8 Å². The van der Waals surface area contributed by atoms with Gasteiger partial charge in [0.05, 0.1) is 12.3 Å². The van der Waals surface area contributed by atoms with Gasteiger partial charge in [-0.15, -0.1) is 0 Å². The first kappa shape index (κ1) is 14.5. The zero-order valence-electron chi connectivity index (χ0n) is 11.9. The van der Waals surface area contributed by atoms with Crippen molar-refractivity contribution in [3.05, 3.63) is 18.2 Å². The van der Waals surface area contributed by atoms with E-state index in [0.29, 0.717) is 5.50 Å². The van der Waals surface area contributed by atoms with Crippen LogP contribution in [0.2, 0.25) is 0 Å². The Balaban J connectivity index is 1.76. The summed E-state index contributed by atoms with van der Waals surface area (Å²) in [7, 11) is 0. The van der Waals surface area contributed by atoms with Crippen LogP contribution in [0.1, 0.15) is 39.5 Å². The van der Waals surface area contributed by atoms with E-state index in [1.165, 1.54) is 36.3 Å². The number of thioether (sulfide) groups is 1. The summed E-state index contributed by atoms with van der Waals surface area (Å²) in [6.45, 7) is 6.06. The third-order valence-corrected chi connectivity index (χ3v) is 4.27. The van der Waals surface area contributed by atoms with Crippen molar-refractivity contribution in [1.29, 1.82) is 0 Å². The molecule has 0 amide bonds. The lowest BCUT2D eigenvalue weighted by molar-refractivity contribution is 0.339. The first-order chi connectivity index (χ1) is 9.33. The largest absolute Gasteiger partial charge is 0.494 e. The van der Waals surface area contributed by atoms with Crippen molar-refractivity contribution in [1.82, 2.24) is 5.32 Å². The summed E-state index contributed by atoms with van der Waals surface area (Å²) < 4.78 is 5.53. The second-order valence-electron chi connectivity index (χ2n) is 4.75. The van der Waals surface area contributed by atoms with Crippen LogP contribution in [0.3, 0.4) is 0 Å². The van der Waals surface area contributed by atoms with Gasteiger partial charge in [-0.25, -0.2) is 0 Å². The van der Waals surface area contributed by atoms with Crippen LogP contribution in [0, 0.1) is 0 Å².